The van der Waals surface area contributed by atoms with Crippen molar-refractivity contribution in [1.29, 1.82) is 0 Å². The van der Waals surface area contributed by atoms with Crippen molar-refractivity contribution in [1.82, 2.24) is 25.2 Å². The number of anilines is 1. The van der Waals surface area contributed by atoms with Gasteiger partial charge in [0, 0.05) is 13.5 Å². The van der Waals surface area contributed by atoms with Crippen LogP contribution < -0.4 is 5.32 Å². The second-order valence-electron chi connectivity index (χ2n) is 3.05. The van der Waals surface area contributed by atoms with Gasteiger partial charge in [-0.3, -0.25) is 0 Å². The number of tetrazole rings is 1. The van der Waals surface area contributed by atoms with E-state index in [9.17, 15) is 0 Å². The molecule has 0 aliphatic rings. The monoisotopic (exact) mass is 208 g/mol. The van der Waals surface area contributed by atoms with Crippen LogP contribution in [-0.4, -0.2) is 25.2 Å². The smallest absolute Gasteiger partial charge is 0.243 e. The molecule has 0 atom stereocenters. The maximum atomic E-state index is 5.42. The number of hydrogen-bond donors (Lipinski definition) is 1. The molecule has 80 valence electrons. The third kappa shape index (κ3) is 2.12. The summed E-state index contributed by atoms with van der Waals surface area (Å²) in [5.74, 6) is 2.10. The van der Waals surface area contributed by atoms with Crippen LogP contribution in [0.25, 0.3) is 0 Å². The lowest BCUT2D eigenvalue weighted by atomic mass is 10.4. The molecule has 15 heavy (non-hydrogen) atoms. The van der Waals surface area contributed by atoms with E-state index in [-0.39, 0.29) is 0 Å². The number of aromatic nitrogens is 5. The minimum Gasteiger partial charge on any atom is -0.444 e. The predicted molar refractivity (Wildman–Crippen MR) is 52.0 cm³/mol. The van der Waals surface area contributed by atoms with E-state index in [4.69, 9.17) is 4.42 Å². The van der Waals surface area contributed by atoms with Crippen molar-refractivity contribution >= 4 is 5.95 Å². The zero-order valence-electron chi connectivity index (χ0n) is 8.64. The van der Waals surface area contributed by atoms with Gasteiger partial charge in [-0.05, 0) is 10.4 Å². The first-order chi connectivity index (χ1) is 7.29. The third-order valence-corrected chi connectivity index (χ3v) is 1.97. The zero-order valence-corrected chi connectivity index (χ0v) is 8.64. The number of oxazole rings is 1. The van der Waals surface area contributed by atoms with E-state index < -0.39 is 0 Å². The summed E-state index contributed by atoms with van der Waals surface area (Å²) in [6.07, 6.45) is 2.57. The lowest BCUT2D eigenvalue weighted by Gasteiger charge is -1.99. The van der Waals surface area contributed by atoms with Crippen LogP contribution in [-0.2, 0) is 20.0 Å². The van der Waals surface area contributed by atoms with Crippen LogP contribution in [0.1, 0.15) is 18.6 Å². The lowest BCUT2D eigenvalue weighted by Crippen LogP contribution is -2.05. The fourth-order valence-electron chi connectivity index (χ4n) is 1.13. The SMILES string of the molecule is CCc1cnc(CNc2nnnn2C)o1. The van der Waals surface area contributed by atoms with Crippen LogP contribution in [0.15, 0.2) is 10.6 Å². The quantitative estimate of drug-likeness (QED) is 0.781. The van der Waals surface area contributed by atoms with Crippen LogP contribution in [0.5, 0.6) is 0 Å². The molecule has 0 saturated heterocycles. The fourth-order valence-corrected chi connectivity index (χ4v) is 1.13. The number of aryl methyl sites for hydroxylation is 2. The molecule has 0 fully saturated rings. The zero-order chi connectivity index (χ0) is 10.7. The number of nitrogens with one attached hydrogen (secondary N) is 1. The van der Waals surface area contributed by atoms with E-state index in [1.54, 1.807) is 17.9 Å². The Kier molecular flexibility index (Phi) is 2.61. The molecule has 1 N–H and O–H groups in total. The Labute approximate surface area is 86.5 Å². The summed E-state index contributed by atoms with van der Waals surface area (Å²) in [6, 6.07) is 0. The van der Waals surface area contributed by atoms with E-state index in [1.807, 2.05) is 6.92 Å². The predicted octanol–water partition coefficient (Wildman–Crippen LogP) is 0.373. The first-order valence-electron chi connectivity index (χ1n) is 4.69. The Bertz CT molecular complexity index is 434. The highest BCUT2D eigenvalue weighted by molar-refractivity contribution is 5.21. The Hall–Kier alpha value is -1.92. The molecular weight excluding hydrogens is 196 g/mol. The van der Waals surface area contributed by atoms with Crippen molar-refractivity contribution in [2.24, 2.45) is 7.05 Å². The molecule has 7 nitrogen and oxygen atoms in total. The van der Waals surface area contributed by atoms with Crippen molar-refractivity contribution in [3.8, 4) is 0 Å². The molecule has 2 heterocycles. The summed E-state index contributed by atoms with van der Waals surface area (Å²) in [6.45, 7) is 2.50. The highest BCUT2D eigenvalue weighted by Gasteiger charge is 2.04. The normalized spacial score (nSPS) is 10.5. The molecule has 0 amide bonds. The first-order valence-corrected chi connectivity index (χ1v) is 4.69. The van der Waals surface area contributed by atoms with Gasteiger partial charge >= 0.3 is 0 Å². The summed E-state index contributed by atoms with van der Waals surface area (Å²) in [5.41, 5.74) is 0. The average Bonchev–Trinajstić information content (AvgIpc) is 2.84. The second-order valence-corrected chi connectivity index (χ2v) is 3.05. The summed E-state index contributed by atoms with van der Waals surface area (Å²) in [7, 11) is 1.76. The van der Waals surface area contributed by atoms with Gasteiger partial charge in [-0.2, -0.15) is 0 Å². The van der Waals surface area contributed by atoms with Crippen LogP contribution in [0.4, 0.5) is 5.95 Å². The second kappa shape index (κ2) is 4.07. The van der Waals surface area contributed by atoms with Crippen LogP contribution in [0.3, 0.4) is 0 Å². The molecule has 0 aliphatic heterocycles. The van der Waals surface area contributed by atoms with Crippen molar-refractivity contribution in [3.05, 3.63) is 17.8 Å². The summed E-state index contributed by atoms with van der Waals surface area (Å²) >= 11 is 0. The van der Waals surface area contributed by atoms with Gasteiger partial charge in [-0.25, -0.2) is 9.67 Å². The van der Waals surface area contributed by atoms with E-state index in [1.165, 1.54) is 0 Å². The van der Waals surface area contributed by atoms with Gasteiger partial charge in [0.25, 0.3) is 0 Å². The van der Waals surface area contributed by atoms with E-state index in [0.717, 1.165) is 12.2 Å². The van der Waals surface area contributed by atoms with Crippen molar-refractivity contribution in [2.75, 3.05) is 5.32 Å². The van der Waals surface area contributed by atoms with Crippen LogP contribution in [0.2, 0.25) is 0 Å². The third-order valence-electron chi connectivity index (χ3n) is 1.97. The molecule has 2 aromatic rings. The number of rotatable bonds is 4. The number of hydrogen-bond acceptors (Lipinski definition) is 6. The molecule has 0 spiro atoms. The van der Waals surface area contributed by atoms with Gasteiger partial charge in [-0.15, -0.1) is 0 Å². The molecule has 0 saturated carbocycles. The lowest BCUT2D eigenvalue weighted by molar-refractivity contribution is 0.465. The van der Waals surface area contributed by atoms with Gasteiger partial charge in [0.1, 0.15) is 5.76 Å². The summed E-state index contributed by atoms with van der Waals surface area (Å²) in [5, 5.41) is 14.0. The molecule has 0 bridgehead atoms. The summed E-state index contributed by atoms with van der Waals surface area (Å²) in [4.78, 5) is 4.11. The minimum absolute atomic E-state index is 0.480. The fraction of sp³-hybridized carbons (Fsp3) is 0.500. The Balaban J connectivity index is 1.96. The van der Waals surface area contributed by atoms with Gasteiger partial charge in [0.15, 0.2) is 0 Å². The molecule has 0 radical (unpaired) electrons. The van der Waals surface area contributed by atoms with E-state index >= 15 is 0 Å². The van der Waals surface area contributed by atoms with Gasteiger partial charge < -0.3 is 9.73 Å². The Morgan fingerprint density at radius 2 is 2.40 bits per heavy atom. The van der Waals surface area contributed by atoms with Crippen LogP contribution in [0, 0.1) is 0 Å². The van der Waals surface area contributed by atoms with Gasteiger partial charge in [0.05, 0.1) is 12.7 Å². The topological polar surface area (TPSA) is 81.7 Å². The molecular formula is C8H12N6O. The molecule has 0 aromatic carbocycles. The average molecular weight is 208 g/mol. The molecule has 0 aliphatic carbocycles. The van der Waals surface area contributed by atoms with E-state index in [0.29, 0.717) is 18.4 Å². The molecule has 2 rings (SSSR count). The standard InChI is InChI=1S/C8H12N6O/c1-3-6-4-9-7(15-6)5-10-8-11-12-13-14(8)2/h4H,3,5H2,1-2H3,(H,10,11,13). The highest BCUT2D eigenvalue weighted by atomic mass is 16.4. The Morgan fingerprint density at radius 1 is 1.53 bits per heavy atom. The molecule has 2 aromatic heterocycles. The maximum absolute atomic E-state index is 5.42. The van der Waals surface area contributed by atoms with E-state index in [2.05, 4.69) is 25.8 Å². The number of nitrogens with zero attached hydrogens (tertiary/aromatic N) is 5. The molecule has 7 heteroatoms. The maximum Gasteiger partial charge on any atom is 0.243 e. The highest BCUT2D eigenvalue weighted by Crippen LogP contribution is 2.06. The Morgan fingerprint density at radius 3 is 3.00 bits per heavy atom. The molecule has 0 unspecified atom stereocenters. The summed E-state index contributed by atoms with van der Waals surface area (Å²) < 4.78 is 6.96. The van der Waals surface area contributed by atoms with Crippen molar-refractivity contribution in [2.45, 2.75) is 19.9 Å². The van der Waals surface area contributed by atoms with Gasteiger partial charge in [0.2, 0.25) is 11.8 Å². The minimum atomic E-state index is 0.480. The largest absolute Gasteiger partial charge is 0.444 e. The first kappa shape index (κ1) is 9.63. The van der Waals surface area contributed by atoms with Crippen molar-refractivity contribution < 1.29 is 4.42 Å². The van der Waals surface area contributed by atoms with Gasteiger partial charge in [-0.1, -0.05) is 12.0 Å². The van der Waals surface area contributed by atoms with Crippen molar-refractivity contribution in [3.63, 3.8) is 0 Å². The van der Waals surface area contributed by atoms with Crippen LogP contribution >= 0.6 is 0 Å².